The average Bonchev–Trinajstić information content (AvgIpc) is 2.30. The topological polar surface area (TPSA) is 32.9 Å². The summed E-state index contributed by atoms with van der Waals surface area (Å²) >= 11 is 1.69. The molecule has 3 heteroatoms. The molecular weight excluding hydrogens is 206 g/mol. The molecule has 0 fully saturated rings. The van der Waals surface area contributed by atoms with Gasteiger partial charge in [-0.25, -0.2) is 0 Å². The Hall–Kier alpha value is -1.48. The lowest BCUT2D eigenvalue weighted by Gasteiger charge is -2.01. The van der Waals surface area contributed by atoms with Gasteiger partial charge in [0.15, 0.2) is 0 Å². The van der Waals surface area contributed by atoms with Crippen molar-refractivity contribution in [2.75, 3.05) is 6.26 Å². The molecule has 15 heavy (non-hydrogen) atoms. The van der Waals surface area contributed by atoms with Crippen molar-refractivity contribution < 1.29 is 0 Å². The fourth-order valence-electron chi connectivity index (χ4n) is 1.42. The highest BCUT2D eigenvalue weighted by Gasteiger charge is 2.01. The second-order valence-corrected chi connectivity index (χ2v) is 4.02. The highest BCUT2D eigenvalue weighted by Crippen LogP contribution is 2.20. The number of hydrogen-bond acceptors (Lipinski definition) is 2. The van der Waals surface area contributed by atoms with Crippen molar-refractivity contribution in [3.63, 3.8) is 0 Å². The summed E-state index contributed by atoms with van der Waals surface area (Å²) in [5, 5.41) is 0. The van der Waals surface area contributed by atoms with E-state index in [1.807, 2.05) is 42.7 Å². The SMILES string of the molecule is CSc1ccc(-c2ccc[nH]c2=O)cc1. The molecule has 0 radical (unpaired) electrons. The average molecular weight is 217 g/mol. The lowest BCUT2D eigenvalue weighted by Crippen LogP contribution is -2.06. The number of rotatable bonds is 2. The van der Waals surface area contributed by atoms with E-state index in [0.29, 0.717) is 5.56 Å². The van der Waals surface area contributed by atoms with Crippen LogP contribution in [-0.4, -0.2) is 11.2 Å². The van der Waals surface area contributed by atoms with Crippen LogP contribution in [0.15, 0.2) is 52.3 Å². The van der Waals surface area contributed by atoms with Crippen molar-refractivity contribution in [2.45, 2.75) is 4.90 Å². The molecule has 1 heterocycles. The first kappa shape index (κ1) is 10.1. The predicted octanol–water partition coefficient (Wildman–Crippen LogP) is 2.76. The number of aromatic amines is 1. The Bertz CT molecular complexity index is 502. The third kappa shape index (κ3) is 2.13. The standard InChI is InChI=1S/C12H11NOS/c1-15-10-6-4-9(5-7-10)11-3-2-8-13-12(11)14/h2-8H,1H3,(H,13,14). The molecule has 0 unspecified atom stereocenters. The Morgan fingerprint density at radius 3 is 2.47 bits per heavy atom. The number of H-pyrrole nitrogens is 1. The first-order valence-corrected chi connectivity index (χ1v) is 5.86. The van der Waals surface area contributed by atoms with Crippen molar-refractivity contribution in [3.05, 3.63) is 52.9 Å². The number of hydrogen-bond donors (Lipinski definition) is 1. The smallest absolute Gasteiger partial charge is 0.255 e. The molecule has 0 amide bonds. The normalized spacial score (nSPS) is 10.2. The Labute approximate surface area is 92.4 Å². The summed E-state index contributed by atoms with van der Waals surface area (Å²) in [6, 6.07) is 11.6. The molecule has 0 spiro atoms. The second kappa shape index (κ2) is 4.36. The first-order valence-electron chi connectivity index (χ1n) is 4.63. The van der Waals surface area contributed by atoms with Gasteiger partial charge in [-0.05, 0) is 36.1 Å². The van der Waals surface area contributed by atoms with Gasteiger partial charge in [0, 0.05) is 16.7 Å². The van der Waals surface area contributed by atoms with E-state index in [1.165, 1.54) is 4.90 Å². The van der Waals surface area contributed by atoms with Crippen LogP contribution in [0.4, 0.5) is 0 Å². The minimum absolute atomic E-state index is 0.0469. The number of pyridine rings is 1. The third-order valence-electron chi connectivity index (χ3n) is 2.22. The van der Waals surface area contributed by atoms with E-state index >= 15 is 0 Å². The maximum Gasteiger partial charge on any atom is 0.255 e. The van der Waals surface area contributed by atoms with Crippen LogP contribution in [-0.2, 0) is 0 Å². The van der Waals surface area contributed by atoms with E-state index in [4.69, 9.17) is 0 Å². The van der Waals surface area contributed by atoms with Crippen molar-refractivity contribution in [2.24, 2.45) is 0 Å². The van der Waals surface area contributed by atoms with E-state index < -0.39 is 0 Å². The van der Waals surface area contributed by atoms with Gasteiger partial charge in [0.25, 0.3) is 5.56 Å². The van der Waals surface area contributed by atoms with Gasteiger partial charge in [-0.1, -0.05) is 12.1 Å². The van der Waals surface area contributed by atoms with E-state index in [2.05, 4.69) is 4.98 Å². The van der Waals surface area contributed by atoms with E-state index in [0.717, 1.165) is 5.56 Å². The first-order chi connectivity index (χ1) is 7.31. The summed E-state index contributed by atoms with van der Waals surface area (Å²) in [5.41, 5.74) is 1.62. The lowest BCUT2D eigenvalue weighted by molar-refractivity contribution is 1.24. The maximum atomic E-state index is 11.5. The van der Waals surface area contributed by atoms with E-state index in [1.54, 1.807) is 18.0 Å². The quantitative estimate of drug-likeness (QED) is 0.785. The number of benzene rings is 1. The third-order valence-corrected chi connectivity index (χ3v) is 2.96. The van der Waals surface area contributed by atoms with Crippen molar-refractivity contribution in [1.82, 2.24) is 4.98 Å². The molecule has 1 N–H and O–H groups in total. The number of aromatic nitrogens is 1. The van der Waals surface area contributed by atoms with Crippen LogP contribution in [0.1, 0.15) is 0 Å². The minimum atomic E-state index is -0.0469. The second-order valence-electron chi connectivity index (χ2n) is 3.14. The van der Waals surface area contributed by atoms with Crippen molar-refractivity contribution >= 4 is 11.8 Å². The van der Waals surface area contributed by atoms with Gasteiger partial charge >= 0.3 is 0 Å². The molecule has 0 bridgehead atoms. The zero-order valence-corrected chi connectivity index (χ0v) is 9.17. The summed E-state index contributed by atoms with van der Waals surface area (Å²) in [6.45, 7) is 0. The van der Waals surface area contributed by atoms with Gasteiger partial charge in [-0.2, -0.15) is 0 Å². The zero-order chi connectivity index (χ0) is 10.7. The van der Waals surface area contributed by atoms with Crippen LogP contribution >= 0.6 is 11.8 Å². The Balaban J connectivity index is 2.46. The fourth-order valence-corrected chi connectivity index (χ4v) is 1.83. The molecule has 1 aromatic heterocycles. The Morgan fingerprint density at radius 1 is 1.13 bits per heavy atom. The van der Waals surface area contributed by atoms with E-state index in [9.17, 15) is 4.79 Å². The molecule has 0 aliphatic carbocycles. The van der Waals surface area contributed by atoms with Crippen LogP contribution in [0.2, 0.25) is 0 Å². The van der Waals surface area contributed by atoms with Crippen LogP contribution in [0.5, 0.6) is 0 Å². The van der Waals surface area contributed by atoms with Gasteiger partial charge < -0.3 is 4.98 Å². The van der Waals surface area contributed by atoms with Crippen LogP contribution in [0.3, 0.4) is 0 Å². The predicted molar refractivity (Wildman–Crippen MR) is 64.3 cm³/mol. The van der Waals surface area contributed by atoms with E-state index in [-0.39, 0.29) is 5.56 Å². The highest BCUT2D eigenvalue weighted by atomic mass is 32.2. The zero-order valence-electron chi connectivity index (χ0n) is 8.36. The molecule has 0 saturated heterocycles. The van der Waals surface area contributed by atoms with Crippen molar-refractivity contribution in [3.8, 4) is 11.1 Å². The van der Waals surface area contributed by atoms with Gasteiger partial charge in [0.05, 0.1) is 0 Å². The molecule has 2 nitrogen and oxygen atoms in total. The highest BCUT2D eigenvalue weighted by molar-refractivity contribution is 7.98. The molecule has 2 rings (SSSR count). The summed E-state index contributed by atoms with van der Waals surface area (Å²) in [7, 11) is 0. The fraction of sp³-hybridized carbons (Fsp3) is 0.0833. The van der Waals surface area contributed by atoms with Gasteiger partial charge in [0.2, 0.25) is 0 Å². The molecule has 2 aromatic rings. The van der Waals surface area contributed by atoms with Gasteiger partial charge in [0.1, 0.15) is 0 Å². The monoisotopic (exact) mass is 217 g/mol. The van der Waals surface area contributed by atoms with Crippen molar-refractivity contribution in [1.29, 1.82) is 0 Å². The minimum Gasteiger partial charge on any atom is -0.329 e. The summed E-state index contributed by atoms with van der Waals surface area (Å²) < 4.78 is 0. The number of nitrogens with one attached hydrogen (secondary N) is 1. The molecule has 0 aliphatic rings. The summed E-state index contributed by atoms with van der Waals surface area (Å²) in [6.07, 6.45) is 3.67. The largest absolute Gasteiger partial charge is 0.329 e. The van der Waals surface area contributed by atoms with Crippen LogP contribution in [0.25, 0.3) is 11.1 Å². The van der Waals surface area contributed by atoms with Gasteiger partial charge in [-0.3, -0.25) is 4.79 Å². The molecule has 0 saturated carbocycles. The van der Waals surface area contributed by atoms with Crippen LogP contribution < -0.4 is 5.56 Å². The molecular formula is C12H11NOS. The molecule has 1 aromatic carbocycles. The molecule has 0 aliphatic heterocycles. The number of thioether (sulfide) groups is 1. The lowest BCUT2D eigenvalue weighted by atomic mass is 10.1. The Morgan fingerprint density at radius 2 is 1.87 bits per heavy atom. The van der Waals surface area contributed by atoms with Crippen LogP contribution in [0, 0.1) is 0 Å². The summed E-state index contributed by atoms with van der Waals surface area (Å²) in [5.74, 6) is 0. The maximum absolute atomic E-state index is 11.5. The molecule has 0 atom stereocenters. The Kier molecular flexibility index (Phi) is 2.92. The van der Waals surface area contributed by atoms with Gasteiger partial charge in [-0.15, -0.1) is 11.8 Å². The summed E-state index contributed by atoms with van der Waals surface area (Å²) in [4.78, 5) is 15.4. The molecule has 76 valence electrons.